The molecule has 0 aromatic carbocycles. The van der Waals surface area contributed by atoms with E-state index in [1.54, 1.807) is 13.1 Å². The lowest BCUT2D eigenvalue weighted by Crippen LogP contribution is -2.56. The lowest BCUT2D eigenvalue weighted by molar-refractivity contribution is -0.0175. The van der Waals surface area contributed by atoms with Gasteiger partial charge in [0.1, 0.15) is 12.0 Å². The smallest absolute Gasteiger partial charge is 0.220 e. The molecule has 0 bridgehead atoms. The number of sulfonamides is 1. The van der Waals surface area contributed by atoms with Gasteiger partial charge in [-0.1, -0.05) is 5.16 Å². The predicted molar refractivity (Wildman–Crippen MR) is 125 cm³/mol. The minimum Gasteiger partial charge on any atom is -0.379 e. The van der Waals surface area contributed by atoms with Crippen molar-refractivity contribution in [2.24, 2.45) is 4.99 Å². The largest absolute Gasteiger partial charge is 0.379 e. The summed E-state index contributed by atoms with van der Waals surface area (Å²) in [6.45, 7) is 9.69. The van der Waals surface area contributed by atoms with Gasteiger partial charge in [0.15, 0.2) is 5.96 Å². The first-order chi connectivity index (χ1) is 13.9. The number of ether oxygens (including phenoxy) is 1. The Morgan fingerprint density at radius 2 is 2.07 bits per heavy atom. The van der Waals surface area contributed by atoms with Gasteiger partial charge >= 0.3 is 0 Å². The Kier molecular flexibility index (Phi) is 9.78. The molecule has 2 aliphatic heterocycles. The number of hydrogen-bond donors (Lipinski definition) is 1. The Morgan fingerprint density at radius 1 is 1.33 bits per heavy atom. The van der Waals surface area contributed by atoms with Gasteiger partial charge in [-0.15, -0.1) is 24.0 Å². The van der Waals surface area contributed by atoms with Crippen molar-refractivity contribution in [3.05, 3.63) is 18.0 Å². The Morgan fingerprint density at radius 3 is 2.67 bits per heavy atom. The maximum absolute atomic E-state index is 12.6. The number of aromatic nitrogens is 1. The van der Waals surface area contributed by atoms with E-state index in [0.717, 1.165) is 32.3 Å². The van der Waals surface area contributed by atoms with Crippen LogP contribution < -0.4 is 5.32 Å². The molecule has 3 rings (SSSR count). The second-order valence-corrected chi connectivity index (χ2v) is 9.54. The average molecular weight is 556 g/mol. The SMILES string of the molecule is CN=C(NCC(C)N1CCOCC1C)N1CCN(S(=O)(=O)Cc2ccon2)CC1.I. The highest BCUT2D eigenvalue weighted by Crippen LogP contribution is 2.13. The molecular weight excluding hydrogens is 523 g/mol. The van der Waals surface area contributed by atoms with E-state index in [9.17, 15) is 8.42 Å². The minimum atomic E-state index is -3.40. The van der Waals surface area contributed by atoms with Crippen LogP contribution in [0, 0.1) is 0 Å². The molecule has 0 spiro atoms. The molecule has 2 aliphatic rings. The van der Waals surface area contributed by atoms with E-state index in [4.69, 9.17) is 9.26 Å². The molecule has 2 unspecified atom stereocenters. The molecule has 0 radical (unpaired) electrons. The molecule has 2 saturated heterocycles. The molecule has 172 valence electrons. The number of nitrogens with one attached hydrogen (secondary N) is 1. The summed E-state index contributed by atoms with van der Waals surface area (Å²) in [7, 11) is -1.64. The first-order valence-electron chi connectivity index (χ1n) is 10.1. The third-order valence-electron chi connectivity index (χ3n) is 5.51. The van der Waals surface area contributed by atoms with E-state index in [1.165, 1.54) is 10.6 Å². The van der Waals surface area contributed by atoms with Crippen LogP contribution in [0.3, 0.4) is 0 Å². The summed E-state index contributed by atoms with van der Waals surface area (Å²) in [4.78, 5) is 8.95. The topological polar surface area (TPSA) is 104 Å². The summed E-state index contributed by atoms with van der Waals surface area (Å²) in [6, 6.07) is 2.34. The van der Waals surface area contributed by atoms with Crippen molar-refractivity contribution in [1.29, 1.82) is 0 Å². The fourth-order valence-corrected chi connectivity index (χ4v) is 5.28. The van der Waals surface area contributed by atoms with Gasteiger partial charge < -0.3 is 19.5 Å². The summed E-state index contributed by atoms with van der Waals surface area (Å²) >= 11 is 0. The Bertz CT molecular complexity index is 768. The van der Waals surface area contributed by atoms with Crippen molar-refractivity contribution in [3.8, 4) is 0 Å². The molecule has 2 fully saturated rings. The zero-order chi connectivity index (χ0) is 20.9. The van der Waals surface area contributed by atoms with Crippen LogP contribution in [0.15, 0.2) is 21.8 Å². The van der Waals surface area contributed by atoms with Crippen molar-refractivity contribution in [2.75, 3.05) is 59.5 Å². The van der Waals surface area contributed by atoms with Crippen LogP contribution in [0.5, 0.6) is 0 Å². The van der Waals surface area contributed by atoms with Crippen molar-refractivity contribution in [2.45, 2.75) is 31.7 Å². The fraction of sp³-hybridized carbons (Fsp3) is 0.778. The van der Waals surface area contributed by atoms with Crippen LogP contribution in [0.25, 0.3) is 0 Å². The molecule has 1 aromatic heterocycles. The molecule has 2 atom stereocenters. The Hall–Kier alpha value is -0.960. The van der Waals surface area contributed by atoms with Crippen LogP contribution in [-0.2, 0) is 20.5 Å². The summed E-state index contributed by atoms with van der Waals surface area (Å²) < 4.78 is 36.9. The normalized spacial score (nSPS) is 23.1. The maximum atomic E-state index is 12.6. The fourth-order valence-electron chi connectivity index (χ4n) is 3.85. The third kappa shape index (κ3) is 6.52. The van der Waals surface area contributed by atoms with Crippen LogP contribution >= 0.6 is 24.0 Å². The van der Waals surface area contributed by atoms with E-state index < -0.39 is 10.0 Å². The lowest BCUT2D eigenvalue weighted by atomic mass is 10.2. The second-order valence-electron chi connectivity index (χ2n) is 7.57. The monoisotopic (exact) mass is 556 g/mol. The number of rotatable bonds is 6. The van der Waals surface area contributed by atoms with Gasteiger partial charge in [0.2, 0.25) is 10.0 Å². The maximum Gasteiger partial charge on any atom is 0.220 e. The quantitative estimate of drug-likeness (QED) is 0.306. The minimum absolute atomic E-state index is 0. The summed E-state index contributed by atoms with van der Waals surface area (Å²) in [5, 5.41) is 7.15. The van der Waals surface area contributed by atoms with Gasteiger partial charge in [-0.25, -0.2) is 8.42 Å². The molecular formula is C18H33IN6O4S. The zero-order valence-corrected chi connectivity index (χ0v) is 21.0. The number of hydrogen-bond acceptors (Lipinski definition) is 7. The molecule has 30 heavy (non-hydrogen) atoms. The van der Waals surface area contributed by atoms with E-state index >= 15 is 0 Å². The van der Waals surface area contributed by atoms with Gasteiger partial charge in [-0.2, -0.15) is 4.31 Å². The highest BCUT2D eigenvalue weighted by atomic mass is 127. The summed E-state index contributed by atoms with van der Waals surface area (Å²) in [5.41, 5.74) is 0.427. The van der Waals surface area contributed by atoms with Crippen LogP contribution in [0.2, 0.25) is 0 Å². The van der Waals surface area contributed by atoms with E-state index in [1.807, 2.05) is 0 Å². The predicted octanol–water partition coefficient (Wildman–Crippen LogP) is 0.425. The van der Waals surface area contributed by atoms with Crippen LogP contribution in [0.1, 0.15) is 19.5 Å². The molecule has 3 heterocycles. The Labute approximate surface area is 196 Å². The average Bonchev–Trinajstić information content (AvgIpc) is 3.21. The van der Waals surface area contributed by atoms with Crippen molar-refractivity contribution in [3.63, 3.8) is 0 Å². The summed E-state index contributed by atoms with van der Waals surface area (Å²) in [5.74, 6) is 0.678. The molecule has 0 saturated carbocycles. The van der Waals surface area contributed by atoms with Gasteiger partial charge in [0, 0.05) is 64.5 Å². The van der Waals surface area contributed by atoms with Crippen molar-refractivity contribution >= 4 is 40.0 Å². The van der Waals surface area contributed by atoms with Crippen LogP contribution in [0.4, 0.5) is 0 Å². The Balaban J connectivity index is 0.00000320. The van der Waals surface area contributed by atoms with Gasteiger partial charge in [0.25, 0.3) is 0 Å². The molecule has 1 aromatic rings. The first-order valence-corrected chi connectivity index (χ1v) is 11.7. The highest BCUT2D eigenvalue weighted by Gasteiger charge is 2.29. The van der Waals surface area contributed by atoms with E-state index in [0.29, 0.717) is 44.0 Å². The first kappa shape index (κ1) is 25.3. The van der Waals surface area contributed by atoms with Gasteiger partial charge in [0.05, 0.1) is 18.9 Å². The number of morpholine rings is 1. The number of nitrogens with zero attached hydrogens (tertiary/aromatic N) is 5. The van der Waals surface area contributed by atoms with Gasteiger partial charge in [-0.05, 0) is 13.8 Å². The molecule has 10 nitrogen and oxygen atoms in total. The molecule has 0 amide bonds. The van der Waals surface area contributed by atoms with E-state index in [-0.39, 0.29) is 29.7 Å². The number of piperazine rings is 1. The number of halogens is 1. The van der Waals surface area contributed by atoms with Crippen molar-refractivity contribution in [1.82, 2.24) is 24.6 Å². The van der Waals surface area contributed by atoms with Gasteiger partial charge in [-0.3, -0.25) is 9.89 Å². The molecule has 0 aliphatic carbocycles. The molecule has 12 heteroatoms. The number of aliphatic imine (C=N–C) groups is 1. The highest BCUT2D eigenvalue weighted by molar-refractivity contribution is 14.0. The summed E-state index contributed by atoms with van der Waals surface area (Å²) in [6.07, 6.45) is 1.39. The van der Waals surface area contributed by atoms with E-state index in [2.05, 4.69) is 39.1 Å². The zero-order valence-electron chi connectivity index (χ0n) is 17.9. The van der Waals surface area contributed by atoms with Crippen LogP contribution in [-0.4, -0.2) is 105 Å². The second kappa shape index (κ2) is 11.6. The molecule has 1 N–H and O–H groups in total. The standard InChI is InChI=1S/C18H32N6O4S.HI/c1-15(24-9-11-27-13-16(24)2)12-20-18(19-3)22-5-7-23(8-6-22)29(25,26)14-17-4-10-28-21-17;/h4,10,15-16H,5-9,11-14H2,1-3H3,(H,19,20);1H. The lowest BCUT2D eigenvalue weighted by Gasteiger charge is -2.39. The van der Waals surface area contributed by atoms with Crippen molar-refractivity contribution < 1.29 is 17.7 Å². The third-order valence-corrected chi connectivity index (χ3v) is 7.32. The number of guanidine groups is 1.